The van der Waals surface area contributed by atoms with Crippen molar-refractivity contribution >= 4 is 11.4 Å². The second-order valence-electron chi connectivity index (χ2n) is 7.46. The summed E-state index contributed by atoms with van der Waals surface area (Å²) in [4.78, 5) is 18.0. The number of aromatic nitrogens is 1. The number of hydrogen-bond acceptors (Lipinski definition) is 5. The summed E-state index contributed by atoms with van der Waals surface area (Å²) in [6.45, 7) is 3.90. The highest BCUT2D eigenvalue weighted by Gasteiger charge is 2.52. The minimum Gasteiger partial charge on any atom is -0.481 e. The fraction of sp³-hybridized carbons (Fsp3) is 0.304. The maximum atomic E-state index is 13.6. The van der Waals surface area contributed by atoms with Crippen LogP contribution >= 0.6 is 0 Å². The third-order valence-electron chi connectivity index (χ3n) is 5.76. The highest BCUT2D eigenvalue weighted by Crippen LogP contribution is 2.53. The van der Waals surface area contributed by atoms with Crippen molar-refractivity contribution < 1.29 is 14.6 Å². The van der Waals surface area contributed by atoms with Gasteiger partial charge in [0.15, 0.2) is 5.78 Å². The number of ketones is 1. The molecule has 1 aromatic carbocycles. The number of allylic oxidation sites excluding steroid dienone is 3. The Morgan fingerprint density at radius 3 is 2.50 bits per heavy atom. The number of methoxy groups -OCH3 is 1. The lowest BCUT2D eigenvalue weighted by molar-refractivity contribution is 0.0517. The Morgan fingerprint density at radius 1 is 1.18 bits per heavy atom. The van der Waals surface area contributed by atoms with Gasteiger partial charge in [0.25, 0.3) is 0 Å². The molecule has 0 amide bonds. The summed E-state index contributed by atoms with van der Waals surface area (Å²) in [6, 6.07) is 13.3. The van der Waals surface area contributed by atoms with Gasteiger partial charge < -0.3 is 15.6 Å². The van der Waals surface area contributed by atoms with Crippen LogP contribution in [0.3, 0.4) is 0 Å². The Balaban J connectivity index is 2.09. The molecule has 0 spiro atoms. The number of benzene rings is 1. The number of ether oxygens (including phenoxy) is 1. The summed E-state index contributed by atoms with van der Waals surface area (Å²) >= 11 is 0. The third kappa shape index (κ3) is 3.07. The molecule has 0 saturated carbocycles. The lowest BCUT2D eigenvalue weighted by atomic mass is 9.56. The molecule has 0 aliphatic heterocycles. The van der Waals surface area contributed by atoms with E-state index in [1.807, 2.05) is 56.3 Å². The Hall–Kier alpha value is -2.76. The summed E-state index contributed by atoms with van der Waals surface area (Å²) in [6.07, 6.45) is 5.63. The van der Waals surface area contributed by atoms with Gasteiger partial charge in [0.1, 0.15) is 5.69 Å². The predicted molar refractivity (Wildman–Crippen MR) is 110 cm³/mol. The standard InChI is InChI=1S/C23H26N2O3/c1-22(2)18(16-8-5-4-6-9-16)10-7-13-23(22,15-26)20(27)19-12-11-17(14-24)21(25-19)28-3/h4-13,26H,14-15,24H2,1-3H3. The van der Waals surface area contributed by atoms with E-state index < -0.39 is 10.8 Å². The fourth-order valence-electron chi connectivity index (χ4n) is 3.88. The van der Waals surface area contributed by atoms with Crippen molar-refractivity contribution in [2.45, 2.75) is 20.4 Å². The Labute approximate surface area is 165 Å². The largest absolute Gasteiger partial charge is 0.481 e. The SMILES string of the molecule is COc1nc(C(=O)C2(CO)C=CC=C(c3ccccc3)C2(C)C)ccc1CN. The second-order valence-corrected chi connectivity index (χ2v) is 7.46. The molecule has 1 heterocycles. The van der Waals surface area contributed by atoms with E-state index in [2.05, 4.69) is 4.98 Å². The zero-order valence-electron chi connectivity index (χ0n) is 16.5. The highest BCUT2D eigenvalue weighted by atomic mass is 16.5. The van der Waals surface area contributed by atoms with Gasteiger partial charge in [0.05, 0.1) is 19.1 Å². The summed E-state index contributed by atoms with van der Waals surface area (Å²) in [7, 11) is 1.50. The lowest BCUT2D eigenvalue weighted by Gasteiger charge is -2.46. The van der Waals surface area contributed by atoms with E-state index in [0.717, 1.165) is 16.7 Å². The minimum absolute atomic E-state index is 0.245. The molecule has 28 heavy (non-hydrogen) atoms. The molecule has 1 aromatic heterocycles. The normalized spacial score (nSPS) is 20.5. The van der Waals surface area contributed by atoms with E-state index in [4.69, 9.17) is 10.5 Å². The zero-order chi connectivity index (χ0) is 20.4. The van der Waals surface area contributed by atoms with Crippen molar-refractivity contribution in [1.82, 2.24) is 4.98 Å². The Morgan fingerprint density at radius 2 is 1.89 bits per heavy atom. The maximum Gasteiger partial charge on any atom is 0.218 e. The number of rotatable bonds is 6. The molecule has 0 saturated heterocycles. The topological polar surface area (TPSA) is 85.4 Å². The van der Waals surface area contributed by atoms with E-state index in [9.17, 15) is 9.90 Å². The zero-order valence-corrected chi connectivity index (χ0v) is 16.5. The van der Waals surface area contributed by atoms with Crippen LogP contribution in [0.25, 0.3) is 5.57 Å². The van der Waals surface area contributed by atoms with Crippen molar-refractivity contribution in [3.8, 4) is 5.88 Å². The van der Waals surface area contributed by atoms with Crippen molar-refractivity contribution in [2.75, 3.05) is 13.7 Å². The van der Waals surface area contributed by atoms with Crippen LogP contribution in [-0.2, 0) is 6.54 Å². The quantitative estimate of drug-likeness (QED) is 0.753. The average Bonchev–Trinajstić information content (AvgIpc) is 2.73. The number of aliphatic hydroxyl groups excluding tert-OH is 1. The predicted octanol–water partition coefficient (Wildman–Crippen LogP) is 3.39. The molecule has 5 heteroatoms. The second kappa shape index (κ2) is 7.70. The van der Waals surface area contributed by atoms with Gasteiger partial charge in [-0.15, -0.1) is 0 Å². The molecule has 146 valence electrons. The molecule has 1 aliphatic carbocycles. The number of nitrogens with zero attached hydrogens (tertiary/aromatic N) is 1. The van der Waals surface area contributed by atoms with E-state index >= 15 is 0 Å². The number of pyridine rings is 1. The van der Waals surface area contributed by atoms with Crippen molar-refractivity contribution in [1.29, 1.82) is 0 Å². The molecule has 3 N–H and O–H groups in total. The van der Waals surface area contributed by atoms with Gasteiger partial charge in [-0.1, -0.05) is 68.5 Å². The van der Waals surface area contributed by atoms with E-state index in [1.54, 1.807) is 18.2 Å². The first kappa shape index (κ1) is 20.0. The van der Waals surface area contributed by atoms with Gasteiger partial charge in [0.2, 0.25) is 5.88 Å². The van der Waals surface area contributed by atoms with Crippen LogP contribution in [-0.4, -0.2) is 29.6 Å². The number of carbonyl (C=O) groups is 1. The Bertz CT molecular complexity index is 932. The molecule has 0 fully saturated rings. The number of hydrogen-bond donors (Lipinski definition) is 2. The van der Waals surface area contributed by atoms with Crippen molar-refractivity contribution in [3.63, 3.8) is 0 Å². The number of aliphatic hydroxyl groups is 1. The van der Waals surface area contributed by atoms with E-state index in [-0.39, 0.29) is 24.6 Å². The van der Waals surface area contributed by atoms with Crippen LogP contribution in [0, 0.1) is 10.8 Å². The molecule has 3 rings (SSSR count). The Kier molecular flexibility index (Phi) is 5.49. The molecule has 5 nitrogen and oxygen atoms in total. The number of nitrogens with two attached hydrogens (primary N) is 1. The molecular formula is C23H26N2O3. The van der Waals surface area contributed by atoms with Gasteiger partial charge in [-0.25, -0.2) is 4.98 Å². The molecule has 2 aromatic rings. The molecule has 1 atom stereocenters. The summed E-state index contributed by atoms with van der Waals surface area (Å²) in [5.41, 5.74) is 6.89. The van der Waals surface area contributed by atoms with Gasteiger partial charge in [0, 0.05) is 17.5 Å². The van der Waals surface area contributed by atoms with Crippen LogP contribution in [0.1, 0.15) is 35.5 Å². The van der Waals surface area contributed by atoms with Gasteiger partial charge in [-0.3, -0.25) is 4.79 Å². The molecule has 0 bridgehead atoms. The first-order valence-corrected chi connectivity index (χ1v) is 9.26. The maximum absolute atomic E-state index is 13.6. The van der Waals surface area contributed by atoms with E-state index in [1.165, 1.54) is 7.11 Å². The number of carbonyl (C=O) groups excluding carboxylic acids is 1. The monoisotopic (exact) mass is 378 g/mol. The van der Waals surface area contributed by atoms with Crippen LogP contribution in [0.2, 0.25) is 0 Å². The molecular weight excluding hydrogens is 352 g/mol. The van der Waals surface area contributed by atoms with Crippen LogP contribution < -0.4 is 10.5 Å². The van der Waals surface area contributed by atoms with Gasteiger partial charge >= 0.3 is 0 Å². The lowest BCUT2D eigenvalue weighted by Crippen LogP contribution is -2.48. The van der Waals surface area contributed by atoms with Crippen LogP contribution in [0.4, 0.5) is 0 Å². The average molecular weight is 378 g/mol. The van der Waals surface area contributed by atoms with E-state index in [0.29, 0.717) is 5.88 Å². The smallest absolute Gasteiger partial charge is 0.218 e. The highest BCUT2D eigenvalue weighted by molar-refractivity contribution is 6.03. The van der Waals surface area contributed by atoms with Crippen molar-refractivity contribution in [3.05, 3.63) is 77.5 Å². The fourth-order valence-corrected chi connectivity index (χ4v) is 3.88. The minimum atomic E-state index is -1.14. The number of Topliss-reactive ketones (excluding diaryl/α,β-unsaturated/α-hetero) is 1. The van der Waals surface area contributed by atoms with Crippen LogP contribution in [0.15, 0.2) is 60.7 Å². The molecule has 1 unspecified atom stereocenters. The molecule has 0 radical (unpaired) electrons. The first-order chi connectivity index (χ1) is 13.4. The van der Waals surface area contributed by atoms with Crippen LogP contribution in [0.5, 0.6) is 5.88 Å². The summed E-state index contributed by atoms with van der Waals surface area (Å²) < 4.78 is 5.29. The molecule has 1 aliphatic rings. The van der Waals surface area contributed by atoms with Crippen molar-refractivity contribution in [2.24, 2.45) is 16.6 Å². The third-order valence-corrected chi connectivity index (χ3v) is 5.76. The summed E-state index contributed by atoms with van der Waals surface area (Å²) in [5.74, 6) is 0.0810. The van der Waals surface area contributed by atoms with Gasteiger partial charge in [-0.05, 0) is 17.2 Å². The summed E-state index contributed by atoms with van der Waals surface area (Å²) in [5, 5.41) is 10.4. The first-order valence-electron chi connectivity index (χ1n) is 9.26. The van der Waals surface area contributed by atoms with Gasteiger partial charge in [-0.2, -0.15) is 0 Å².